The van der Waals surface area contributed by atoms with Crippen molar-refractivity contribution < 1.29 is 9.84 Å². The lowest BCUT2D eigenvalue weighted by Crippen LogP contribution is -2.56. The Labute approximate surface area is 181 Å². The minimum atomic E-state index is 0.127. The Balaban J connectivity index is 1.35. The zero-order valence-electron chi connectivity index (χ0n) is 17.7. The van der Waals surface area contributed by atoms with Crippen LogP contribution in [0.1, 0.15) is 19.8 Å². The van der Waals surface area contributed by atoms with Crippen LogP contribution in [0.4, 0.5) is 5.95 Å². The highest BCUT2D eigenvalue weighted by molar-refractivity contribution is 5.74. The van der Waals surface area contributed by atoms with Crippen molar-refractivity contribution in [3.05, 3.63) is 42.7 Å². The van der Waals surface area contributed by atoms with Gasteiger partial charge in [0.1, 0.15) is 11.4 Å². The fraction of sp³-hybridized carbons (Fsp3) is 0.391. The van der Waals surface area contributed by atoms with Crippen molar-refractivity contribution in [2.24, 2.45) is 5.92 Å². The second kappa shape index (κ2) is 8.11. The third-order valence-corrected chi connectivity index (χ3v) is 5.98. The summed E-state index contributed by atoms with van der Waals surface area (Å²) in [6, 6.07) is 10.1. The zero-order chi connectivity index (χ0) is 21.4. The molecule has 0 radical (unpaired) electrons. The molecule has 31 heavy (non-hydrogen) atoms. The van der Waals surface area contributed by atoms with Crippen LogP contribution < -0.4 is 15.0 Å². The van der Waals surface area contributed by atoms with Crippen LogP contribution >= 0.6 is 0 Å². The Morgan fingerprint density at radius 2 is 1.90 bits per heavy atom. The summed E-state index contributed by atoms with van der Waals surface area (Å²) < 4.78 is 5.18. The van der Waals surface area contributed by atoms with Gasteiger partial charge in [0.15, 0.2) is 0 Å². The molecule has 0 unspecified atom stereocenters. The lowest BCUT2D eigenvalue weighted by atomic mass is 10.0. The molecule has 3 aromatic rings. The van der Waals surface area contributed by atoms with E-state index < -0.39 is 0 Å². The SMILES string of the molecule is COc1cc(-c2ccc(-c3cnc(N4C[C@@H](C)N[C@@H](C5CC5)C4)nn3)c(O)c2)ccn1. The van der Waals surface area contributed by atoms with E-state index >= 15 is 0 Å². The molecule has 1 saturated heterocycles. The number of piperazine rings is 1. The number of aromatic nitrogens is 4. The number of benzene rings is 1. The topological polar surface area (TPSA) is 96.3 Å². The predicted octanol–water partition coefficient (Wildman–Crippen LogP) is 2.89. The zero-order valence-corrected chi connectivity index (χ0v) is 17.7. The fourth-order valence-corrected chi connectivity index (χ4v) is 4.23. The Kier molecular flexibility index (Phi) is 5.15. The van der Waals surface area contributed by atoms with Crippen LogP contribution in [-0.4, -0.2) is 57.6 Å². The molecule has 2 aromatic heterocycles. The van der Waals surface area contributed by atoms with E-state index in [9.17, 15) is 5.11 Å². The average Bonchev–Trinajstić information content (AvgIpc) is 3.64. The molecule has 0 spiro atoms. The highest BCUT2D eigenvalue weighted by Gasteiger charge is 2.36. The van der Waals surface area contributed by atoms with Crippen LogP contribution in [0.25, 0.3) is 22.4 Å². The maximum Gasteiger partial charge on any atom is 0.245 e. The summed E-state index contributed by atoms with van der Waals surface area (Å²) >= 11 is 0. The number of hydrogen-bond acceptors (Lipinski definition) is 8. The minimum Gasteiger partial charge on any atom is -0.507 e. The van der Waals surface area contributed by atoms with Crippen LogP contribution in [0.2, 0.25) is 0 Å². The molecule has 0 bridgehead atoms. The lowest BCUT2D eigenvalue weighted by molar-refractivity contribution is 0.355. The number of rotatable bonds is 5. The van der Waals surface area contributed by atoms with Gasteiger partial charge in [0.05, 0.1) is 13.3 Å². The lowest BCUT2D eigenvalue weighted by Gasteiger charge is -2.37. The molecule has 1 aliphatic heterocycles. The number of pyridine rings is 1. The maximum atomic E-state index is 10.6. The summed E-state index contributed by atoms with van der Waals surface area (Å²) in [7, 11) is 1.58. The number of phenols is 1. The van der Waals surface area contributed by atoms with E-state index in [2.05, 4.69) is 37.3 Å². The van der Waals surface area contributed by atoms with Crippen LogP contribution in [0.3, 0.4) is 0 Å². The third kappa shape index (κ3) is 4.16. The molecule has 5 rings (SSSR count). The van der Waals surface area contributed by atoms with Gasteiger partial charge >= 0.3 is 0 Å². The number of ether oxygens (including phenoxy) is 1. The molecule has 0 amide bonds. The predicted molar refractivity (Wildman–Crippen MR) is 118 cm³/mol. The summed E-state index contributed by atoms with van der Waals surface area (Å²) in [6.45, 7) is 3.96. The Morgan fingerprint density at radius 3 is 2.61 bits per heavy atom. The summed E-state index contributed by atoms with van der Waals surface area (Å²) in [5.41, 5.74) is 2.91. The van der Waals surface area contributed by atoms with Crippen molar-refractivity contribution in [2.45, 2.75) is 31.8 Å². The highest BCUT2D eigenvalue weighted by Crippen LogP contribution is 2.35. The number of anilines is 1. The van der Waals surface area contributed by atoms with Gasteiger partial charge in [-0.1, -0.05) is 6.07 Å². The normalized spacial score (nSPS) is 21.2. The Hall–Kier alpha value is -3.26. The van der Waals surface area contributed by atoms with Crippen LogP contribution in [0, 0.1) is 5.92 Å². The molecular weight excluding hydrogens is 392 g/mol. The van der Waals surface area contributed by atoms with Gasteiger partial charge in [-0.3, -0.25) is 0 Å². The van der Waals surface area contributed by atoms with Gasteiger partial charge in [0, 0.05) is 43.0 Å². The van der Waals surface area contributed by atoms with Gasteiger partial charge in [-0.05, 0) is 55.0 Å². The summed E-state index contributed by atoms with van der Waals surface area (Å²) in [4.78, 5) is 10.9. The molecular formula is C23H26N6O2. The van der Waals surface area contributed by atoms with E-state index in [1.165, 1.54) is 12.8 Å². The molecule has 8 heteroatoms. The summed E-state index contributed by atoms with van der Waals surface area (Å²) in [6.07, 6.45) is 5.97. The van der Waals surface area contributed by atoms with Crippen molar-refractivity contribution in [3.63, 3.8) is 0 Å². The Morgan fingerprint density at radius 1 is 1.06 bits per heavy atom. The summed E-state index contributed by atoms with van der Waals surface area (Å²) in [5.74, 6) is 2.07. The number of methoxy groups -OCH3 is 1. The highest BCUT2D eigenvalue weighted by atomic mass is 16.5. The first-order valence-electron chi connectivity index (χ1n) is 10.6. The first-order chi connectivity index (χ1) is 15.1. The quantitative estimate of drug-likeness (QED) is 0.653. The van der Waals surface area contributed by atoms with Crippen LogP contribution in [0.15, 0.2) is 42.7 Å². The third-order valence-electron chi connectivity index (χ3n) is 5.98. The minimum absolute atomic E-state index is 0.127. The molecule has 2 aliphatic rings. The second-order valence-electron chi connectivity index (χ2n) is 8.38. The molecule has 160 valence electrons. The number of phenolic OH excluding ortho intramolecular Hbond substituents is 1. The van der Waals surface area contributed by atoms with Gasteiger partial charge in [-0.25, -0.2) is 9.97 Å². The number of nitrogens with one attached hydrogen (secondary N) is 1. The van der Waals surface area contributed by atoms with Crippen molar-refractivity contribution in [1.82, 2.24) is 25.5 Å². The van der Waals surface area contributed by atoms with Crippen LogP contribution in [0.5, 0.6) is 11.6 Å². The molecule has 2 N–H and O–H groups in total. The van der Waals surface area contributed by atoms with Gasteiger partial charge in [-0.2, -0.15) is 0 Å². The smallest absolute Gasteiger partial charge is 0.245 e. The van der Waals surface area contributed by atoms with Crippen molar-refractivity contribution in [1.29, 1.82) is 0 Å². The molecule has 1 aliphatic carbocycles. The molecule has 2 fully saturated rings. The largest absolute Gasteiger partial charge is 0.507 e. The van der Waals surface area contributed by atoms with E-state index in [0.717, 1.165) is 30.1 Å². The van der Waals surface area contributed by atoms with E-state index in [4.69, 9.17) is 4.74 Å². The van der Waals surface area contributed by atoms with Crippen molar-refractivity contribution in [2.75, 3.05) is 25.1 Å². The van der Waals surface area contributed by atoms with Crippen molar-refractivity contribution >= 4 is 5.95 Å². The first kappa shape index (κ1) is 19.7. The molecule has 3 heterocycles. The number of hydrogen-bond donors (Lipinski definition) is 2. The van der Waals surface area contributed by atoms with Crippen LogP contribution in [-0.2, 0) is 0 Å². The van der Waals surface area contributed by atoms with Gasteiger partial charge < -0.3 is 20.1 Å². The number of aromatic hydroxyl groups is 1. The first-order valence-corrected chi connectivity index (χ1v) is 10.6. The molecule has 8 nitrogen and oxygen atoms in total. The average molecular weight is 419 g/mol. The summed E-state index contributed by atoms with van der Waals surface area (Å²) in [5, 5.41) is 23.0. The van der Waals surface area contributed by atoms with Crippen molar-refractivity contribution in [3.8, 4) is 34.0 Å². The maximum absolute atomic E-state index is 10.6. The molecule has 2 atom stereocenters. The number of nitrogens with zero attached hydrogens (tertiary/aromatic N) is 5. The van der Waals surface area contributed by atoms with Gasteiger partial charge in [0.2, 0.25) is 11.8 Å². The fourth-order valence-electron chi connectivity index (χ4n) is 4.23. The molecule has 1 aromatic carbocycles. The van der Waals surface area contributed by atoms with E-state index in [1.54, 1.807) is 25.6 Å². The second-order valence-corrected chi connectivity index (χ2v) is 8.38. The monoisotopic (exact) mass is 418 g/mol. The Bertz CT molecular complexity index is 1070. The van der Waals surface area contributed by atoms with E-state index in [1.807, 2.05) is 24.3 Å². The standard InChI is InChI=1S/C23H26N6O2/c1-14-12-29(13-20(26-14)15-3-4-15)23-25-11-19(27-28-23)18-6-5-16(9-21(18)30)17-7-8-24-22(10-17)31-2/h5-11,14-15,20,26,30H,3-4,12-13H2,1-2H3/t14-,20-/m1/s1. The van der Waals surface area contributed by atoms with E-state index in [0.29, 0.717) is 35.2 Å². The van der Waals surface area contributed by atoms with Gasteiger partial charge in [0.25, 0.3) is 0 Å². The van der Waals surface area contributed by atoms with E-state index in [-0.39, 0.29) is 5.75 Å². The van der Waals surface area contributed by atoms with Gasteiger partial charge in [-0.15, -0.1) is 10.2 Å². The molecule has 1 saturated carbocycles.